The molecule has 1 atom stereocenters. The van der Waals surface area contributed by atoms with E-state index in [2.05, 4.69) is 12.2 Å². The van der Waals surface area contributed by atoms with Crippen molar-refractivity contribution in [3.8, 4) is 0 Å². The van der Waals surface area contributed by atoms with Crippen molar-refractivity contribution in [3.63, 3.8) is 0 Å². The van der Waals surface area contributed by atoms with Gasteiger partial charge < -0.3 is 11.1 Å². The van der Waals surface area contributed by atoms with Crippen molar-refractivity contribution in [3.05, 3.63) is 0 Å². The van der Waals surface area contributed by atoms with Gasteiger partial charge in [-0.2, -0.15) is 11.8 Å². The fraction of sp³-hybridized carbons (Fsp3) is 0.857. The summed E-state index contributed by atoms with van der Waals surface area (Å²) in [6.07, 6.45) is 2.43. The van der Waals surface area contributed by atoms with Crippen LogP contribution in [-0.2, 0) is 0 Å². The van der Waals surface area contributed by atoms with Gasteiger partial charge in [0, 0.05) is 11.3 Å². The van der Waals surface area contributed by atoms with Crippen LogP contribution in [0.15, 0.2) is 0 Å². The first-order valence-electron chi connectivity index (χ1n) is 3.80. The number of hydrogen-bond acceptors (Lipinski definition) is 2. The number of nitrogens with two attached hydrogens (primary N) is 1. The predicted molar refractivity (Wildman–Crippen MR) is 47.7 cm³/mol. The molecular weight excluding hydrogens is 160 g/mol. The van der Waals surface area contributed by atoms with E-state index in [4.69, 9.17) is 5.73 Å². The second kappa shape index (κ2) is 3.34. The maximum atomic E-state index is 10.4. The normalized spacial score (nSPS) is 30.3. The van der Waals surface area contributed by atoms with Crippen LogP contribution < -0.4 is 11.1 Å². The van der Waals surface area contributed by atoms with E-state index in [0.29, 0.717) is 6.54 Å². The van der Waals surface area contributed by atoms with Gasteiger partial charge in [0.1, 0.15) is 0 Å². The molecule has 64 valence electrons. The van der Waals surface area contributed by atoms with Gasteiger partial charge in [-0.1, -0.05) is 0 Å². The summed E-state index contributed by atoms with van der Waals surface area (Å²) < 4.78 is 0.231. The molecular formula is C7H14N2OS. The number of amides is 2. The monoisotopic (exact) mass is 174 g/mol. The summed E-state index contributed by atoms with van der Waals surface area (Å²) in [6.45, 7) is 2.87. The minimum Gasteiger partial charge on any atom is -0.352 e. The van der Waals surface area contributed by atoms with Gasteiger partial charge in [-0.05, 0) is 25.5 Å². The average Bonchev–Trinajstić information content (AvgIpc) is 2.33. The third-order valence-electron chi connectivity index (χ3n) is 1.94. The molecule has 0 aromatic heterocycles. The molecule has 3 nitrogen and oxygen atoms in total. The van der Waals surface area contributed by atoms with Crippen molar-refractivity contribution in [2.45, 2.75) is 24.5 Å². The first-order chi connectivity index (χ1) is 5.12. The Kier molecular flexibility index (Phi) is 2.65. The SMILES string of the molecule is CC1(CNC(N)=O)CCCS1. The summed E-state index contributed by atoms with van der Waals surface area (Å²) in [5, 5.41) is 2.65. The molecule has 4 heteroatoms. The molecule has 0 aliphatic carbocycles. The Balaban J connectivity index is 2.28. The van der Waals surface area contributed by atoms with Crippen LogP contribution in [0.25, 0.3) is 0 Å². The molecule has 0 saturated carbocycles. The number of rotatable bonds is 2. The van der Waals surface area contributed by atoms with E-state index in [9.17, 15) is 4.79 Å². The smallest absolute Gasteiger partial charge is 0.312 e. The molecule has 1 aliphatic rings. The maximum Gasteiger partial charge on any atom is 0.312 e. The van der Waals surface area contributed by atoms with Gasteiger partial charge in [0.2, 0.25) is 0 Å². The van der Waals surface area contributed by atoms with Gasteiger partial charge >= 0.3 is 6.03 Å². The lowest BCUT2D eigenvalue weighted by atomic mass is 10.1. The Morgan fingerprint density at radius 2 is 2.55 bits per heavy atom. The molecule has 1 unspecified atom stereocenters. The Bertz CT molecular complexity index is 155. The van der Waals surface area contributed by atoms with Crippen molar-refractivity contribution >= 4 is 17.8 Å². The molecule has 3 N–H and O–H groups in total. The molecule has 2 amide bonds. The summed E-state index contributed by atoms with van der Waals surface area (Å²) in [5.41, 5.74) is 4.97. The van der Waals surface area contributed by atoms with Crippen LogP contribution in [0.4, 0.5) is 4.79 Å². The first kappa shape index (κ1) is 8.71. The summed E-state index contributed by atoms with van der Waals surface area (Å²) >= 11 is 1.92. The molecule has 0 radical (unpaired) electrons. The van der Waals surface area contributed by atoms with E-state index in [1.807, 2.05) is 11.8 Å². The van der Waals surface area contributed by atoms with Crippen LogP contribution in [-0.4, -0.2) is 23.1 Å². The largest absolute Gasteiger partial charge is 0.352 e. The first-order valence-corrected chi connectivity index (χ1v) is 4.78. The number of hydrogen-bond donors (Lipinski definition) is 2. The summed E-state index contributed by atoms with van der Waals surface area (Å²) in [4.78, 5) is 10.4. The van der Waals surface area contributed by atoms with E-state index < -0.39 is 6.03 Å². The topological polar surface area (TPSA) is 55.1 Å². The number of urea groups is 1. The molecule has 0 aromatic rings. The van der Waals surface area contributed by atoms with Crippen LogP contribution in [0.5, 0.6) is 0 Å². The minimum absolute atomic E-state index is 0.231. The number of thioether (sulfide) groups is 1. The van der Waals surface area contributed by atoms with Crippen molar-refractivity contribution < 1.29 is 4.79 Å². The van der Waals surface area contributed by atoms with Crippen LogP contribution in [0.3, 0.4) is 0 Å². The fourth-order valence-corrected chi connectivity index (χ4v) is 2.49. The summed E-state index contributed by atoms with van der Waals surface area (Å²) in [7, 11) is 0. The lowest BCUT2D eigenvalue weighted by Gasteiger charge is -2.21. The molecule has 1 aliphatic heterocycles. The minimum atomic E-state index is -0.418. The molecule has 0 aromatic carbocycles. The number of primary amides is 1. The van der Waals surface area contributed by atoms with Crippen LogP contribution in [0, 0.1) is 0 Å². The fourth-order valence-electron chi connectivity index (χ4n) is 1.25. The zero-order chi connectivity index (χ0) is 8.32. The van der Waals surface area contributed by atoms with Crippen LogP contribution in [0.1, 0.15) is 19.8 Å². The van der Waals surface area contributed by atoms with Gasteiger partial charge in [0.05, 0.1) is 0 Å². The molecule has 1 saturated heterocycles. The predicted octanol–water partition coefficient (Wildman–Crippen LogP) is 0.940. The zero-order valence-corrected chi connectivity index (χ0v) is 7.54. The van der Waals surface area contributed by atoms with E-state index >= 15 is 0 Å². The van der Waals surface area contributed by atoms with Crippen molar-refractivity contribution in [2.24, 2.45) is 5.73 Å². The van der Waals surface area contributed by atoms with Gasteiger partial charge in [-0.3, -0.25) is 0 Å². The Hall–Kier alpha value is -0.380. The third kappa shape index (κ3) is 2.61. The average molecular weight is 174 g/mol. The highest BCUT2D eigenvalue weighted by atomic mass is 32.2. The van der Waals surface area contributed by atoms with Crippen LogP contribution in [0.2, 0.25) is 0 Å². The quantitative estimate of drug-likeness (QED) is 0.654. The molecule has 11 heavy (non-hydrogen) atoms. The highest BCUT2D eigenvalue weighted by molar-refractivity contribution is 8.00. The number of carbonyl (C=O) groups is 1. The molecule has 1 fully saturated rings. The lowest BCUT2D eigenvalue weighted by molar-refractivity contribution is 0.248. The van der Waals surface area contributed by atoms with Crippen molar-refractivity contribution in [2.75, 3.05) is 12.3 Å². The molecule has 1 heterocycles. The van der Waals surface area contributed by atoms with Gasteiger partial charge in [-0.15, -0.1) is 0 Å². The number of carbonyl (C=O) groups excluding carboxylic acids is 1. The van der Waals surface area contributed by atoms with E-state index in [1.165, 1.54) is 18.6 Å². The summed E-state index contributed by atoms with van der Waals surface area (Å²) in [6, 6.07) is -0.418. The van der Waals surface area contributed by atoms with Crippen molar-refractivity contribution in [1.29, 1.82) is 0 Å². The second-order valence-corrected chi connectivity index (χ2v) is 4.80. The van der Waals surface area contributed by atoms with Gasteiger partial charge in [-0.25, -0.2) is 4.79 Å². The second-order valence-electron chi connectivity index (χ2n) is 3.12. The standard InChI is InChI=1S/C7H14N2OS/c1-7(3-2-4-11-7)5-9-6(8)10/h2-5H2,1H3,(H3,8,9,10). The van der Waals surface area contributed by atoms with Crippen LogP contribution >= 0.6 is 11.8 Å². The van der Waals surface area contributed by atoms with E-state index in [1.54, 1.807) is 0 Å². The number of nitrogens with one attached hydrogen (secondary N) is 1. The van der Waals surface area contributed by atoms with Gasteiger partial charge in [0.25, 0.3) is 0 Å². The molecule has 0 bridgehead atoms. The maximum absolute atomic E-state index is 10.4. The van der Waals surface area contributed by atoms with E-state index in [-0.39, 0.29) is 4.75 Å². The Labute approximate surface area is 71.1 Å². The van der Waals surface area contributed by atoms with Crippen molar-refractivity contribution in [1.82, 2.24) is 5.32 Å². The van der Waals surface area contributed by atoms with E-state index in [0.717, 1.165) is 0 Å². The van der Waals surface area contributed by atoms with Gasteiger partial charge in [0.15, 0.2) is 0 Å². The Morgan fingerprint density at radius 3 is 3.00 bits per heavy atom. The Morgan fingerprint density at radius 1 is 1.82 bits per heavy atom. The third-order valence-corrected chi connectivity index (χ3v) is 3.48. The summed E-state index contributed by atoms with van der Waals surface area (Å²) in [5.74, 6) is 1.21. The highest BCUT2D eigenvalue weighted by Gasteiger charge is 2.29. The zero-order valence-electron chi connectivity index (χ0n) is 6.72. The molecule has 0 spiro atoms. The lowest BCUT2D eigenvalue weighted by Crippen LogP contribution is -2.39. The highest BCUT2D eigenvalue weighted by Crippen LogP contribution is 2.36. The molecule has 1 rings (SSSR count).